The van der Waals surface area contributed by atoms with Crippen molar-refractivity contribution in [3.05, 3.63) is 59.0 Å². The van der Waals surface area contributed by atoms with Gasteiger partial charge in [-0.3, -0.25) is 14.6 Å². The fraction of sp³-hybridized carbons (Fsp3) is 0.385. The Bertz CT molecular complexity index is 1280. The van der Waals surface area contributed by atoms with Gasteiger partial charge in [-0.05, 0) is 43.2 Å². The molecule has 0 spiro atoms. The lowest BCUT2D eigenvalue weighted by Crippen LogP contribution is -2.36. The number of amides is 1. The summed E-state index contributed by atoms with van der Waals surface area (Å²) in [6.45, 7) is 3.39. The van der Waals surface area contributed by atoms with Crippen molar-refractivity contribution in [3.8, 4) is 0 Å². The Labute approximate surface area is 203 Å². The predicted octanol–water partition coefficient (Wildman–Crippen LogP) is 3.46. The van der Waals surface area contributed by atoms with Gasteiger partial charge in [0.25, 0.3) is 5.91 Å². The Balaban J connectivity index is 1.66. The van der Waals surface area contributed by atoms with Gasteiger partial charge >= 0.3 is 0 Å². The molecule has 3 aromatic rings. The zero-order chi connectivity index (χ0) is 24.5. The van der Waals surface area contributed by atoms with Gasteiger partial charge < -0.3 is 19.4 Å². The van der Waals surface area contributed by atoms with Gasteiger partial charge in [-0.15, -0.1) is 0 Å². The Kier molecular flexibility index (Phi) is 6.34. The van der Waals surface area contributed by atoms with Crippen molar-refractivity contribution in [2.24, 2.45) is 0 Å². The number of halogens is 1. The average Bonchev–Trinajstić information content (AvgIpc) is 3.37. The second-order valence-corrected chi connectivity index (χ2v) is 9.13. The van der Waals surface area contributed by atoms with Gasteiger partial charge in [0.1, 0.15) is 11.6 Å². The first-order chi connectivity index (χ1) is 17.0. The van der Waals surface area contributed by atoms with Crippen LogP contribution in [-0.2, 0) is 4.74 Å². The van der Waals surface area contributed by atoms with Crippen molar-refractivity contribution in [1.29, 1.82) is 0 Å². The second-order valence-electron chi connectivity index (χ2n) is 9.13. The third kappa shape index (κ3) is 4.43. The number of nitrogens with zero attached hydrogens (tertiary/aromatic N) is 5. The number of morpholine rings is 1. The highest BCUT2D eigenvalue weighted by Crippen LogP contribution is 2.40. The lowest BCUT2D eigenvalue weighted by atomic mass is 9.98. The Hall–Kier alpha value is -3.59. The first-order valence-corrected chi connectivity index (χ1v) is 11.8. The summed E-state index contributed by atoms with van der Waals surface area (Å²) in [5, 5.41) is 0. The zero-order valence-electron chi connectivity index (χ0n) is 19.9. The van der Waals surface area contributed by atoms with Crippen molar-refractivity contribution < 1.29 is 18.7 Å². The van der Waals surface area contributed by atoms with E-state index < -0.39 is 5.82 Å². The number of hydrogen-bond acceptors (Lipinski definition) is 7. The summed E-state index contributed by atoms with van der Waals surface area (Å²) < 4.78 is 19.7. The summed E-state index contributed by atoms with van der Waals surface area (Å²) in [5.41, 5.74) is 3.71. The van der Waals surface area contributed by atoms with Crippen LogP contribution in [0.1, 0.15) is 45.2 Å². The number of ether oxygens (including phenoxy) is 1. The molecule has 1 atom stereocenters. The quantitative estimate of drug-likeness (QED) is 0.521. The minimum Gasteiger partial charge on any atom is -0.378 e. The third-order valence-corrected chi connectivity index (χ3v) is 6.69. The van der Waals surface area contributed by atoms with E-state index in [1.807, 2.05) is 6.07 Å². The molecule has 1 unspecified atom stereocenters. The van der Waals surface area contributed by atoms with E-state index in [0.717, 1.165) is 43.6 Å². The van der Waals surface area contributed by atoms with E-state index in [4.69, 9.17) is 9.72 Å². The number of fused-ring (bicyclic) bond motifs is 1. The molecule has 2 aliphatic heterocycles. The number of anilines is 2. The van der Waals surface area contributed by atoms with Gasteiger partial charge in [-0.1, -0.05) is 0 Å². The Morgan fingerprint density at radius 1 is 1.17 bits per heavy atom. The number of aromatic nitrogens is 2. The highest BCUT2D eigenvalue weighted by atomic mass is 19.1. The minimum absolute atomic E-state index is 0.129. The first kappa shape index (κ1) is 23.2. The standard InChI is InChI=1S/C26H28FN5O3/c1-30(2)26(34)18-12-20(22-4-3-7-32(22)23-14-19(27)6-5-17(23)16-33)25-21(13-18)28-15-24(29-25)31-8-10-35-11-9-31/h5-6,12-16,22H,3-4,7-11H2,1-2H3. The molecule has 9 heteroatoms. The van der Waals surface area contributed by atoms with Crippen LogP contribution in [0.4, 0.5) is 15.9 Å². The molecular weight excluding hydrogens is 449 g/mol. The molecule has 35 heavy (non-hydrogen) atoms. The van der Waals surface area contributed by atoms with Gasteiger partial charge in [0.05, 0.1) is 42.2 Å². The van der Waals surface area contributed by atoms with E-state index in [0.29, 0.717) is 47.6 Å². The molecule has 2 fully saturated rings. The van der Waals surface area contributed by atoms with Gasteiger partial charge in [-0.25, -0.2) is 9.37 Å². The van der Waals surface area contributed by atoms with Crippen LogP contribution in [0.3, 0.4) is 0 Å². The maximum atomic E-state index is 14.2. The van der Waals surface area contributed by atoms with Crippen LogP contribution in [0.25, 0.3) is 11.0 Å². The van der Waals surface area contributed by atoms with Gasteiger partial charge in [0.2, 0.25) is 0 Å². The van der Waals surface area contributed by atoms with Crippen molar-refractivity contribution in [3.63, 3.8) is 0 Å². The van der Waals surface area contributed by atoms with E-state index in [1.165, 1.54) is 23.1 Å². The van der Waals surface area contributed by atoms with Crippen LogP contribution >= 0.6 is 0 Å². The summed E-state index contributed by atoms with van der Waals surface area (Å²) in [5.74, 6) is 0.237. The molecule has 5 rings (SSSR count). The topological polar surface area (TPSA) is 78.9 Å². The van der Waals surface area contributed by atoms with E-state index in [9.17, 15) is 14.0 Å². The smallest absolute Gasteiger partial charge is 0.253 e. The average molecular weight is 478 g/mol. The summed E-state index contributed by atoms with van der Waals surface area (Å²) in [7, 11) is 3.43. The van der Waals surface area contributed by atoms with Crippen LogP contribution in [0, 0.1) is 5.82 Å². The molecule has 0 bridgehead atoms. The highest BCUT2D eigenvalue weighted by Gasteiger charge is 2.31. The highest BCUT2D eigenvalue weighted by molar-refractivity contribution is 5.98. The summed E-state index contributed by atoms with van der Waals surface area (Å²) >= 11 is 0. The number of hydrogen-bond donors (Lipinski definition) is 0. The maximum absolute atomic E-state index is 14.2. The molecule has 2 aromatic carbocycles. The van der Waals surface area contributed by atoms with E-state index in [-0.39, 0.29) is 11.9 Å². The number of carbonyl (C=O) groups is 2. The molecule has 2 saturated heterocycles. The fourth-order valence-corrected chi connectivity index (χ4v) is 4.96. The maximum Gasteiger partial charge on any atom is 0.253 e. The SMILES string of the molecule is CN(C)C(=O)c1cc(C2CCCN2c2cc(F)ccc2C=O)c2nc(N3CCOCC3)cnc2c1. The second kappa shape index (κ2) is 9.58. The first-order valence-electron chi connectivity index (χ1n) is 11.8. The number of rotatable bonds is 5. The van der Waals surface area contributed by atoms with Crippen LogP contribution < -0.4 is 9.80 Å². The molecule has 8 nitrogen and oxygen atoms in total. The van der Waals surface area contributed by atoms with Crippen molar-refractivity contribution in [2.75, 3.05) is 56.7 Å². The molecular formula is C26H28FN5O3. The molecule has 0 radical (unpaired) electrons. The zero-order valence-corrected chi connectivity index (χ0v) is 19.9. The normalized spacial score (nSPS) is 18.2. The fourth-order valence-electron chi connectivity index (χ4n) is 4.96. The van der Waals surface area contributed by atoms with E-state index in [1.54, 1.807) is 26.4 Å². The molecule has 1 amide bonds. The molecule has 1 aromatic heterocycles. The summed E-state index contributed by atoms with van der Waals surface area (Å²) in [6.07, 6.45) is 4.14. The lowest BCUT2D eigenvalue weighted by molar-refractivity contribution is 0.0827. The van der Waals surface area contributed by atoms with Crippen molar-refractivity contribution in [1.82, 2.24) is 14.9 Å². The largest absolute Gasteiger partial charge is 0.378 e. The van der Waals surface area contributed by atoms with Crippen LogP contribution in [0.2, 0.25) is 0 Å². The minimum atomic E-state index is -0.396. The molecule has 2 aliphatic rings. The Morgan fingerprint density at radius 3 is 2.71 bits per heavy atom. The summed E-state index contributed by atoms with van der Waals surface area (Å²) in [4.78, 5) is 40.1. The predicted molar refractivity (Wildman–Crippen MR) is 132 cm³/mol. The van der Waals surface area contributed by atoms with Crippen LogP contribution in [0.5, 0.6) is 0 Å². The Morgan fingerprint density at radius 2 is 1.97 bits per heavy atom. The van der Waals surface area contributed by atoms with Crippen LogP contribution in [-0.4, -0.2) is 74.0 Å². The number of carbonyl (C=O) groups excluding carboxylic acids is 2. The molecule has 0 saturated carbocycles. The van der Waals surface area contributed by atoms with E-state index >= 15 is 0 Å². The molecule has 3 heterocycles. The van der Waals surface area contributed by atoms with Gasteiger partial charge in [0, 0.05) is 50.4 Å². The lowest BCUT2D eigenvalue weighted by Gasteiger charge is -2.30. The molecule has 182 valence electrons. The van der Waals surface area contributed by atoms with E-state index in [2.05, 4.69) is 14.8 Å². The number of benzene rings is 2. The number of aldehydes is 1. The molecule has 0 N–H and O–H groups in total. The van der Waals surface area contributed by atoms with Gasteiger partial charge in [0.15, 0.2) is 6.29 Å². The van der Waals surface area contributed by atoms with Crippen molar-refractivity contribution in [2.45, 2.75) is 18.9 Å². The summed E-state index contributed by atoms with van der Waals surface area (Å²) in [6, 6.07) is 7.68. The molecule has 0 aliphatic carbocycles. The van der Waals surface area contributed by atoms with Gasteiger partial charge in [-0.2, -0.15) is 0 Å². The van der Waals surface area contributed by atoms with Crippen LogP contribution in [0.15, 0.2) is 36.5 Å². The van der Waals surface area contributed by atoms with Crippen molar-refractivity contribution >= 4 is 34.7 Å². The third-order valence-electron chi connectivity index (χ3n) is 6.69. The monoisotopic (exact) mass is 477 g/mol.